The van der Waals surface area contributed by atoms with Crippen LogP contribution in [0.25, 0.3) is 5.76 Å². The molecule has 0 spiro atoms. The molecule has 0 aliphatic carbocycles. The maximum Gasteiger partial charge on any atom is 0.295 e. The van der Waals surface area contributed by atoms with Gasteiger partial charge in [0.15, 0.2) is 0 Å². The van der Waals surface area contributed by atoms with Crippen LogP contribution in [0.4, 0.5) is 5.69 Å². The van der Waals surface area contributed by atoms with Crippen LogP contribution >= 0.6 is 0 Å². The third kappa shape index (κ3) is 4.40. The summed E-state index contributed by atoms with van der Waals surface area (Å²) in [4.78, 5) is 40.7. The molecule has 1 aliphatic rings. The zero-order valence-corrected chi connectivity index (χ0v) is 18.4. The number of aliphatic hydroxyl groups excluding tert-OH is 1. The van der Waals surface area contributed by atoms with E-state index in [4.69, 9.17) is 0 Å². The van der Waals surface area contributed by atoms with Crippen molar-refractivity contribution in [1.29, 1.82) is 0 Å². The largest absolute Gasteiger partial charge is 0.507 e. The van der Waals surface area contributed by atoms with E-state index in [-0.39, 0.29) is 29.1 Å². The zero-order valence-electron chi connectivity index (χ0n) is 18.4. The van der Waals surface area contributed by atoms with E-state index in [1.165, 1.54) is 23.1 Å². The molecule has 0 radical (unpaired) electrons. The van der Waals surface area contributed by atoms with Crippen molar-refractivity contribution in [1.82, 2.24) is 9.80 Å². The fourth-order valence-electron chi connectivity index (χ4n) is 3.97. The third-order valence-electron chi connectivity index (χ3n) is 5.84. The highest BCUT2D eigenvalue weighted by Gasteiger charge is 2.47. The Kier molecular flexibility index (Phi) is 7.05. The molecule has 1 aliphatic heterocycles. The molecule has 168 valence electrons. The Morgan fingerprint density at radius 3 is 2.31 bits per heavy atom. The van der Waals surface area contributed by atoms with Crippen molar-refractivity contribution in [3.05, 3.63) is 80.9 Å². The van der Waals surface area contributed by atoms with Crippen LogP contribution in [0.3, 0.4) is 0 Å². The summed E-state index contributed by atoms with van der Waals surface area (Å²) in [5.41, 5.74) is 1.21. The zero-order chi connectivity index (χ0) is 23.4. The lowest BCUT2D eigenvalue weighted by Crippen LogP contribution is -2.38. The lowest BCUT2D eigenvalue weighted by Gasteiger charge is -2.28. The first kappa shape index (κ1) is 23.1. The summed E-state index contributed by atoms with van der Waals surface area (Å²) in [6.07, 6.45) is 0. The molecular weight excluding hydrogens is 410 g/mol. The van der Waals surface area contributed by atoms with Crippen LogP contribution < -0.4 is 0 Å². The number of carbonyl (C=O) groups is 2. The number of benzene rings is 2. The first-order chi connectivity index (χ1) is 15.3. The van der Waals surface area contributed by atoms with Crippen molar-refractivity contribution in [2.24, 2.45) is 0 Å². The van der Waals surface area contributed by atoms with Gasteiger partial charge in [0.1, 0.15) is 5.76 Å². The monoisotopic (exact) mass is 437 g/mol. The number of hydrogen-bond acceptors (Lipinski definition) is 6. The number of hydrogen-bond donors (Lipinski definition) is 1. The third-order valence-corrected chi connectivity index (χ3v) is 5.84. The molecule has 8 nitrogen and oxygen atoms in total. The van der Waals surface area contributed by atoms with Crippen LogP contribution in [0.2, 0.25) is 0 Å². The molecule has 8 heteroatoms. The average Bonchev–Trinajstić information content (AvgIpc) is 3.04. The minimum atomic E-state index is -1.05. The minimum absolute atomic E-state index is 0.132. The van der Waals surface area contributed by atoms with Gasteiger partial charge in [0.2, 0.25) is 0 Å². The average molecular weight is 437 g/mol. The normalized spacial score (nSPS) is 17.9. The van der Waals surface area contributed by atoms with Crippen LogP contribution in [0.15, 0.2) is 54.1 Å². The van der Waals surface area contributed by atoms with Gasteiger partial charge in [-0.1, -0.05) is 55.8 Å². The van der Waals surface area contributed by atoms with Gasteiger partial charge in [-0.15, -0.1) is 0 Å². The van der Waals surface area contributed by atoms with Crippen LogP contribution in [0, 0.1) is 17.0 Å². The van der Waals surface area contributed by atoms with E-state index >= 15 is 0 Å². The van der Waals surface area contributed by atoms with Crippen molar-refractivity contribution >= 4 is 23.1 Å². The molecule has 1 heterocycles. The van der Waals surface area contributed by atoms with E-state index < -0.39 is 22.7 Å². The Morgan fingerprint density at radius 2 is 1.72 bits per heavy atom. The van der Waals surface area contributed by atoms with Gasteiger partial charge in [-0.3, -0.25) is 19.7 Å². The van der Waals surface area contributed by atoms with E-state index in [1.807, 2.05) is 20.8 Å². The maximum atomic E-state index is 13.1. The fraction of sp³-hybridized carbons (Fsp3) is 0.333. The molecular formula is C24H27N3O5. The number of likely N-dealkylation sites (tertiary alicyclic amines) is 1. The number of para-hydroxylation sites is 1. The number of nitro benzene ring substituents is 1. The molecule has 0 bridgehead atoms. The van der Waals surface area contributed by atoms with Gasteiger partial charge in [0, 0.05) is 24.7 Å². The number of amides is 1. The fourth-order valence-corrected chi connectivity index (χ4v) is 3.97. The molecule has 0 saturated carbocycles. The van der Waals surface area contributed by atoms with Gasteiger partial charge in [0.05, 0.1) is 22.1 Å². The predicted molar refractivity (Wildman–Crippen MR) is 121 cm³/mol. The molecule has 0 aromatic heterocycles. The van der Waals surface area contributed by atoms with Gasteiger partial charge in [-0.2, -0.15) is 0 Å². The van der Waals surface area contributed by atoms with Crippen LogP contribution in [0.1, 0.15) is 36.6 Å². The summed E-state index contributed by atoms with van der Waals surface area (Å²) in [5.74, 6) is -1.95. The van der Waals surface area contributed by atoms with Gasteiger partial charge in [0.25, 0.3) is 17.4 Å². The lowest BCUT2D eigenvalue weighted by atomic mass is 9.94. The Hall–Kier alpha value is -3.52. The second kappa shape index (κ2) is 9.74. The summed E-state index contributed by atoms with van der Waals surface area (Å²) in [5, 5.41) is 22.8. The van der Waals surface area contributed by atoms with Crippen molar-refractivity contribution in [2.45, 2.75) is 26.8 Å². The van der Waals surface area contributed by atoms with Crippen LogP contribution in [-0.4, -0.2) is 57.7 Å². The standard InChI is InChI=1S/C24H27N3O5/c1-4-25(5-2)14-15-26-21(18-8-6-7-9-19(18)27(31)32)20(23(29)24(26)30)22(28)17-12-10-16(3)11-13-17/h6-13,21,28H,4-5,14-15H2,1-3H3/t21-/m0/s1. The van der Waals surface area contributed by atoms with Crippen LogP contribution in [-0.2, 0) is 9.59 Å². The second-order valence-electron chi connectivity index (χ2n) is 7.70. The number of rotatable bonds is 8. The Morgan fingerprint density at radius 1 is 1.09 bits per heavy atom. The molecule has 3 rings (SSSR count). The number of nitro groups is 1. The molecule has 2 aromatic carbocycles. The Labute approximate surface area is 186 Å². The van der Waals surface area contributed by atoms with Gasteiger partial charge in [-0.05, 0) is 26.1 Å². The van der Waals surface area contributed by atoms with E-state index in [1.54, 1.807) is 30.3 Å². The van der Waals surface area contributed by atoms with E-state index in [0.29, 0.717) is 12.1 Å². The van der Waals surface area contributed by atoms with Gasteiger partial charge in [-0.25, -0.2) is 0 Å². The second-order valence-corrected chi connectivity index (χ2v) is 7.70. The topological polar surface area (TPSA) is 104 Å². The number of carbonyl (C=O) groups excluding carboxylic acids is 2. The first-order valence-corrected chi connectivity index (χ1v) is 10.6. The van der Waals surface area contributed by atoms with E-state index in [2.05, 4.69) is 4.90 Å². The highest BCUT2D eigenvalue weighted by Crippen LogP contribution is 2.42. The summed E-state index contributed by atoms with van der Waals surface area (Å²) < 4.78 is 0. The smallest absolute Gasteiger partial charge is 0.295 e. The highest BCUT2D eigenvalue weighted by atomic mass is 16.6. The molecule has 1 saturated heterocycles. The SMILES string of the molecule is CCN(CC)CCN1C(=O)C(=O)C(=C(O)c2ccc(C)cc2)[C@@H]1c1ccccc1[N+](=O)[O-]. The van der Waals surface area contributed by atoms with Gasteiger partial charge >= 0.3 is 0 Å². The molecule has 0 unspecified atom stereocenters. The van der Waals surface area contributed by atoms with E-state index in [9.17, 15) is 24.8 Å². The molecule has 1 atom stereocenters. The number of aryl methyl sites for hydroxylation is 1. The minimum Gasteiger partial charge on any atom is -0.507 e. The number of Topliss-reactive ketones (excluding diaryl/α,β-unsaturated/α-hetero) is 1. The lowest BCUT2D eigenvalue weighted by molar-refractivity contribution is -0.385. The van der Waals surface area contributed by atoms with E-state index in [0.717, 1.165) is 18.7 Å². The van der Waals surface area contributed by atoms with Gasteiger partial charge < -0.3 is 14.9 Å². The molecule has 1 fully saturated rings. The number of nitrogens with zero attached hydrogens (tertiary/aromatic N) is 3. The van der Waals surface area contributed by atoms with Crippen molar-refractivity contribution in [3.63, 3.8) is 0 Å². The van der Waals surface area contributed by atoms with Crippen molar-refractivity contribution in [3.8, 4) is 0 Å². The number of likely N-dealkylation sites (N-methyl/N-ethyl adjacent to an activating group) is 1. The molecule has 2 aromatic rings. The quantitative estimate of drug-likeness (QED) is 0.222. The van der Waals surface area contributed by atoms with Crippen molar-refractivity contribution in [2.75, 3.05) is 26.2 Å². The predicted octanol–water partition coefficient (Wildman–Crippen LogP) is 3.67. The van der Waals surface area contributed by atoms with Crippen LogP contribution in [0.5, 0.6) is 0 Å². The van der Waals surface area contributed by atoms with Crippen molar-refractivity contribution < 1.29 is 19.6 Å². The summed E-state index contributed by atoms with van der Waals surface area (Å²) >= 11 is 0. The molecule has 32 heavy (non-hydrogen) atoms. The molecule has 1 N–H and O–H groups in total. The Bertz CT molecular complexity index is 1060. The number of ketones is 1. The number of aliphatic hydroxyl groups is 1. The summed E-state index contributed by atoms with van der Waals surface area (Å²) in [6.45, 7) is 8.11. The summed E-state index contributed by atoms with van der Waals surface area (Å²) in [7, 11) is 0. The highest BCUT2D eigenvalue weighted by molar-refractivity contribution is 6.46. The molecule has 1 amide bonds. The summed E-state index contributed by atoms with van der Waals surface area (Å²) in [6, 6.07) is 11.9. The maximum absolute atomic E-state index is 13.1. The Balaban J connectivity index is 2.18. The first-order valence-electron chi connectivity index (χ1n) is 10.6.